The molecule has 4 aromatic rings. The van der Waals surface area contributed by atoms with E-state index in [0.29, 0.717) is 16.9 Å². The molecule has 0 amide bonds. The summed E-state index contributed by atoms with van der Waals surface area (Å²) in [6, 6.07) is 40.6. The summed E-state index contributed by atoms with van der Waals surface area (Å²) in [7, 11) is 0. The number of hydrogen-bond donors (Lipinski definition) is 0. The Morgan fingerprint density at radius 3 is 1.41 bits per heavy atom. The first-order valence-electron chi connectivity index (χ1n) is 14.0. The van der Waals surface area contributed by atoms with Gasteiger partial charge in [0.2, 0.25) is 0 Å². The Morgan fingerprint density at radius 1 is 0.595 bits per heavy atom. The van der Waals surface area contributed by atoms with Crippen LogP contribution in [0.2, 0.25) is 0 Å². The molecule has 0 heterocycles. The van der Waals surface area contributed by atoms with Gasteiger partial charge in [-0.05, 0) is 69.4 Å². The van der Waals surface area contributed by atoms with E-state index in [1.165, 1.54) is 52.6 Å². The predicted octanol–water partition coefficient (Wildman–Crippen LogP) is 9.24. The molecule has 188 valence electrons. The molecule has 0 N–H and O–H groups in total. The fourth-order valence-electron chi connectivity index (χ4n) is 7.33. The molecule has 0 spiro atoms. The van der Waals surface area contributed by atoms with Crippen LogP contribution in [0.4, 0.5) is 0 Å². The van der Waals surface area contributed by atoms with Crippen LogP contribution in [0.25, 0.3) is 22.3 Å². The minimum atomic E-state index is 0.367. The Balaban J connectivity index is 1.27. The molecule has 0 radical (unpaired) electrons. The minimum absolute atomic E-state index is 0.367. The van der Waals surface area contributed by atoms with Gasteiger partial charge in [-0.3, -0.25) is 4.90 Å². The Hall–Kier alpha value is -3.16. The molecule has 0 aromatic heterocycles. The summed E-state index contributed by atoms with van der Waals surface area (Å²) in [6.07, 6.45) is 4.07. The van der Waals surface area contributed by atoms with Gasteiger partial charge in [-0.2, -0.15) is 0 Å². The minimum Gasteiger partial charge on any atom is -0.291 e. The van der Waals surface area contributed by atoms with E-state index in [1.807, 2.05) is 0 Å². The van der Waals surface area contributed by atoms with Crippen LogP contribution in [0.15, 0.2) is 109 Å². The number of hydrogen-bond acceptors (Lipinski definition) is 1. The topological polar surface area (TPSA) is 3.24 Å². The van der Waals surface area contributed by atoms with Crippen molar-refractivity contribution in [3.63, 3.8) is 0 Å². The highest BCUT2D eigenvalue weighted by Crippen LogP contribution is 2.66. The first kappa shape index (κ1) is 24.2. The first-order valence-corrected chi connectivity index (χ1v) is 14.0. The normalized spacial score (nSPS) is 24.0. The van der Waals surface area contributed by atoms with Gasteiger partial charge in [0.15, 0.2) is 0 Å². The number of nitrogens with zero attached hydrogens (tertiary/aromatic N) is 1. The van der Waals surface area contributed by atoms with E-state index in [9.17, 15) is 0 Å². The van der Waals surface area contributed by atoms with Crippen LogP contribution in [0, 0.1) is 16.7 Å². The van der Waals surface area contributed by atoms with Crippen LogP contribution in [-0.4, -0.2) is 10.9 Å². The maximum absolute atomic E-state index is 2.80. The Kier molecular flexibility index (Phi) is 6.29. The van der Waals surface area contributed by atoms with Crippen LogP contribution in [0.1, 0.15) is 51.2 Å². The molecule has 2 aliphatic carbocycles. The lowest BCUT2D eigenvalue weighted by atomic mass is 9.68. The molecule has 1 heteroatoms. The zero-order chi connectivity index (χ0) is 25.5. The molecule has 2 fully saturated rings. The van der Waals surface area contributed by atoms with Crippen molar-refractivity contribution in [1.82, 2.24) is 4.90 Å². The van der Waals surface area contributed by atoms with Gasteiger partial charge in [-0.1, -0.05) is 130 Å². The average molecular weight is 486 g/mol. The monoisotopic (exact) mass is 485 g/mol. The predicted molar refractivity (Wildman–Crippen MR) is 156 cm³/mol. The van der Waals surface area contributed by atoms with E-state index in [-0.39, 0.29) is 0 Å². The SMILES string of the molecule is CC1(C)C2CCC1(C)C(N(Cc1ccc(-c3ccccc3)cc1)Cc1ccc(-c3ccccc3)cc1)C2. The Morgan fingerprint density at radius 2 is 1.03 bits per heavy atom. The van der Waals surface area contributed by atoms with Crippen molar-refractivity contribution in [1.29, 1.82) is 0 Å². The zero-order valence-corrected chi connectivity index (χ0v) is 22.5. The third-order valence-corrected chi connectivity index (χ3v) is 10.1. The van der Waals surface area contributed by atoms with Gasteiger partial charge in [-0.25, -0.2) is 0 Å². The van der Waals surface area contributed by atoms with Crippen LogP contribution >= 0.6 is 0 Å². The molecule has 1 nitrogen and oxygen atoms in total. The van der Waals surface area contributed by atoms with Crippen molar-refractivity contribution >= 4 is 0 Å². The van der Waals surface area contributed by atoms with Gasteiger partial charge in [0.1, 0.15) is 0 Å². The summed E-state index contributed by atoms with van der Waals surface area (Å²) in [5, 5.41) is 0. The van der Waals surface area contributed by atoms with E-state index in [4.69, 9.17) is 0 Å². The second-order valence-corrected chi connectivity index (χ2v) is 12.2. The highest BCUT2D eigenvalue weighted by molar-refractivity contribution is 5.64. The Labute approximate surface area is 223 Å². The largest absolute Gasteiger partial charge is 0.291 e. The van der Waals surface area contributed by atoms with Crippen LogP contribution in [0.3, 0.4) is 0 Å². The molecular formula is C36H39N. The van der Waals surface area contributed by atoms with Crippen LogP contribution in [-0.2, 0) is 13.1 Å². The van der Waals surface area contributed by atoms with Crippen molar-refractivity contribution in [2.24, 2.45) is 16.7 Å². The lowest BCUT2D eigenvalue weighted by molar-refractivity contribution is 0.0332. The zero-order valence-electron chi connectivity index (χ0n) is 22.5. The third kappa shape index (κ3) is 4.44. The van der Waals surface area contributed by atoms with E-state index in [0.717, 1.165) is 19.0 Å². The fraction of sp³-hybridized carbons (Fsp3) is 0.333. The summed E-state index contributed by atoms with van der Waals surface area (Å²) < 4.78 is 0. The van der Waals surface area contributed by atoms with Crippen molar-refractivity contribution in [2.75, 3.05) is 0 Å². The smallest absolute Gasteiger partial charge is 0.0240 e. The maximum atomic E-state index is 2.80. The molecule has 2 saturated carbocycles. The van der Waals surface area contributed by atoms with Crippen LogP contribution < -0.4 is 0 Å². The lowest BCUT2D eigenvalue weighted by Gasteiger charge is -2.45. The van der Waals surface area contributed by atoms with Gasteiger partial charge in [0.25, 0.3) is 0 Å². The van der Waals surface area contributed by atoms with Gasteiger partial charge in [-0.15, -0.1) is 0 Å². The second-order valence-electron chi connectivity index (χ2n) is 12.2. The number of rotatable bonds is 7. The summed E-state index contributed by atoms with van der Waals surface area (Å²) in [6.45, 7) is 9.64. The van der Waals surface area contributed by atoms with E-state index < -0.39 is 0 Å². The quantitative estimate of drug-likeness (QED) is 0.252. The average Bonchev–Trinajstić information content (AvgIpc) is 3.28. The highest BCUT2D eigenvalue weighted by atomic mass is 15.2. The van der Waals surface area contributed by atoms with Gasteiger partial charge >= 0.3 is 0 Å². The number of benzene rings is 4. The molecular weight excluding hydrogens is 446 g/mol. The lowest BCUT2D eigenvalue weighted by Crippen LogP contribution is -2.46. The molecule has 0 aliphatic heterocycles. The summed E-state index contributed by atoms with van der Waals surface area (Å²) in [4.78, 5) is 2.80. The fourth-order valence-corrected chi connectivity index (χ4v) is 7.33. The molecule has 0 saturated heterocycles. The molecule has 3 atom stereocenters. The summed E-state index contributed by atoms with van der Waals surface area (Å²) in [5.41, 5.74) is 8.74. The van der Waals surface area contributed by atoms with Gasteiger partial charge in [0.05, 0.1) is 0 Å². The third-order valence-electron chi connectivity index (χ3n) is 10.1. The van der Waals surface area contributed by atoms with E-state index in [2.05, 4.69) is 135 Å². The first-order chi connectivity index (χ1) is 17.9. The van der Waals surface area contributed by atoms with Crippen molar-refractivity contribution < 1.29 is 0 Å². The van der Waals surface area contributed by atoms with Crippen molar-refractivity contribution in [3.05, 3.63) is 120 Å². The summed E-state index contributed by atoms with van der Waals surface area (Å²) >= 11 is 0. The van der Waals surface area contributed by atoms with Gasteiger partial charge < -0.3 is 0 Å². The van der Waals surface area contributed by atoms with E-state index >= 15 is 0 Å². The van der Waals surface area contributed by atoms with E-state index in [1.54, 1.807) is 0 Å². The second kappa shape index (κ2) is 9.62. The van der Waals surface area contributed by atoms with Gasteiger partial charge in [0, 0.05) is 19.1 Å². The van der Waals surface area contributed by atoms with Crippen molar-refractivity contribution in [3.8, 4) is 22.3 Å². The standard InChI is InChI=1S/C36H39N/c1-35(2)33-22-23-36(35,3)34(24-33)37(25-27-14-18-31(19-15-27)29-10-6-4-7-11-29)26-28-16-20-32(21-17-28)30-12-8-5-9-13-30/h4-21,33-34H,22-26H2,1-3H3. The maximum Gasteiger partial charge on any atom is 0.0240 e. The number of fused-ring (bicyclic) bond motifs is 2. The molecule has 6 rings (SSSR count). The molecule has 37 heavy (non-hydrogen) atoms. The summed E-state index contributed by atoms with van der Waals surface area (Å²) in [5.74, 6) is 0.839. The Bertz CT molecular complexity index is 1240. The highest BCUT2D eigenvalue weighted by Gasteiger charge is 2.62. The molecule has 4 aromatic carbocycles. The molecule has 3 unspecified atom stereocenters. The molecule has 2 bridgehead atoms. The van der Waals surface area contributed by atoms with Crippen LogP contribution in [0.5, 0.6) is 0 Å². The molecule has 2 aliphatic rings. The van der Waals surface area contributed by atoms with Crippen molar-refractivity contribution in [2.45, 2.75) is 59.2 Å².